The number of aromatic nitrogens is 2. The molecular weight excluding hydrogens is 423 g/mol. The van der Waals surface area contributed by atoms with E-state index in [0.29, 0.717) is 0 Å². The Balaban J connectivity index is 2.01. The zero-order valence-electron chi connectivity index (χ0n) is 18.1. The highest BCUT2D eigenvalue weighted by Gasteiger charge is 2.32. The smallest absolute Gasteiger partial charge is 0.327 e. The number of carbonyl (C=O) groups is 1. The lowest BCUT2D eigenvalue weighted by Crippen LogP contribution is -2.16. The second-order valence-electron chi connectivity index (χ2n) is 6.76. The lowest BCUT2D eigenvalue weighted by Gasteiger charge is -2.15. The summed E-state index contributed by atoms with van der Waals surface area (Å²) in [5, 5.41) is 18.4. The minimum absolute atomic E-state index is 0.0291. The van der Waals surface area contributed by atoms with Crippen LogP contribution in [-0.4, -0.2) is 41.9 Å². The number of nitro benzene ring substituents is 1. The average Bonchev–Trinajstić information content (AvgIpc) is 3.09. The summed E-state index contributed by atoms with van der Waals surface area (Å²) in [6.45, 7) is 3.58. The molecule has 0 aliphatic heterocycles. The first-order chi connectivity index (χ1) is 15.2. The molecule has 0 aliphatic rings. The van der Waals surface area contributed by atoms with Crippen LogP contribution in [0.2, 0.25) is 0 Å². The SMILES string of the molecule is COc1cc(C(=O)Nc2ccc(-n3nc(C)cc3C)c(F)c2)c([N+](=O)[O-])c(OC)c1OC. The molecule has 0 aliphatic carbocycles. The van der Waals surface area contributed by atoms with Crippen LogP contribution in [0.4, 0.5) is 15.8 Å². The van der Waals surface area contributed by atoms with Gasteiger partial charge < -0.3 is 19.5 Å². The summed E-state index contributed by atoms with van der Waals surface area (Å²) in [6.07, 6.45) is 0. The van der Waals surface area contributed by atoms with Gasteiger partial charge in [0.25, 0.3) is 5.91 Å². The van der Waals surface area contributed by atoms with Gasteiger partial charge in [0, 0.05) is 17.4 Å². The molecule has 0 bridgehead atoms. The van der Waals surface area contributed by atoms with E-state index in [-0.39, 0.29) is 34.2 Å². The highest BCUT2D eigenvalue weighted by atomic mass is 19.1. The van der Waals surface area contributed by atoms with Crippen molar-refractivity contribution in [3.05, 3.63) is 63.2 Å². The van der Waals surface area contributed by atoms with Gasteiger partial charge >= 0.3 is 5.69 Å². The standard InChI is InChI=1S/C21H21FN4O6/c1-11-8-12(2)25(24-11)16-7-6-13(9-15(16)22)23-21(27)14-10-17(30-3)19(31-4)20(32-5)18(14)26(28)29/h6-10H,1-5H3,(H,23,27). The molecule has 0 unspecified atom stereocenters. The maximum Gasteiger partial charge on any atom is 0.327 e. The van der Waals surface area contributed by atoms with Crippen molar-refractivity contribution in [3.63, 3.8) is 0 Å². The van der Waals surface area contributed by atoms with E-state index >= 15 is 0 Å². The summed E-state index contributed by atoms with van der Waals surface area (Å²) >= 11 is 0. The van der Waals surface area contributed by atoms with E-state index in [2.05, 4.69) is 10.4 Å². The molecule has 1 aromatic heterocycles. The monoisotopic (exact) mass is 444 g/mol. The number of rotatable bonds is 7. The van der Waals surface area contributed by atoms with Crippen molar-refractivity contribution < 1.29 is 28.3 Å². The average molecular weight is 444 g/mol. The second kappa shape index (κ2) is 8.92. The maximum atomic E-state index is 14.7. The van der Waals surface area contributed by atoms with Crippen LogP contribution in [0.5, 0.6) is 17.2 Å². The zero-order chi connectivity index (χ0) is 23.6. The lowest BCUT2D eigenvalue weighted by molar-refractivity contribution is -0.386. The van der Waals surface area contributed by atoms with Crippen LogP contribution in [0, 0.1) is 29.8 Å². The van der Waals surface area contributed by atoms with Gasteiger partial charge in [-0.3, -0.25) is 14.9 Å². The number of halogens is 1. The van der Waals surface area contributed by atoms with Crippen molar-refractivity contribution in [2.75, 3.05) is 26.6 Å². The van der Waals surface area contributed by atoms with Crippen LogP contribution in [0.15, 0.2) is 30.3 Å². The first kappa shape index (κ1) is 22.5. The Morgan fingerprint density at radius 2 is 1.78 bits per heavy atom. The predicted octanol–water partition coefficient (Wildman–Crippen LogP) is 3.81. The van der Waals surface area contributed by atoms with Crippen molar-refractivity contribution in [3.8, 4) is 22.9 Å². The number of hydrogen-bond acceptors (Lipinski definition) is 7. The molecule has 1 heterocycles. The van der Waals surface area contributed by atoms with Crippen LogP contribution >= 0.6 is 0 Å². The van der Waals surface area contributed by atoms with Crippen LogP contribution < -0.4 is 19.5 Å². The number of nitro groups is 1. The Morgan fingerprint density at radius 1 is 1.09 bits per heavy atom. The van der Waals surface area contributed by atoms with Crippen molar-refractivity contribution in [2.24, 2.45) is 0 Å². The fraction of sp³-hybridized carbons (Fsp3) is 0.238. The van der Waals surface area contributed by atoms with Crippen molar-refractivity contribution in [1.82, 2.24) is 9.78 Å². The molecule has 1 amide bonds. The van der Waals surface area contributed by atoms with Crippen LogP contribution in [0.3, 0.4) is 0 Å². The zero-order valence-corrected chi connectivity index (χ0v) is 18.1. The van der Waals surface area contributed by atoms with E-state index in [1.54, 1.807) is 19.9 Å². The quantitative estimate of drug-likeness (QED) is 0.435. The minimum atomic E-state index is -0.853. The number of amides is 1. The highest BCUT2D eigenvalue weighted by Crippen LogP contribution is 2.46. The van der Waals surface area contributed by atoms with E-state index in [0.717, 1.165) is 23.5 Å². The number of aryl methyl sites for hydroxylation is 2. The number of benzene rings is 2. The van der Waals surface area contributed by atoms with Gasteiger partial charge in [0.1, 0.15) is 11.3 Å². The number of methoxy groups -OCH3 is 3. The van der Waals surface area contributed by atoms with Gasteiger partial charge in [-0.05, 0) is 38.1 Å². The van der Waals surface area contributed by atoms with Crippen molar-refractivity contribution in [2.45, 2.75) is 13.8 Å². The molecule has 0 atom stereocenters. The van der Waals surface area contributed by atoms with Gasteiger partial charge in [0.05, 0.1) is 31.9 Å². The summed E-state index contributed by atoms with van der Waals surface area (Å²) in [6, 6.07) is 6.99. The van der Waals surface area contributed by atoms with Crippen molar-refractivity contribution >= 4 is 17.3 Å². The largest absolute Gasteiger partial charge is 0.493 e. The number of nitrogens with one attached hydrogen (secondary N) is 1. The van der Waals surface area contributed by atoms with Gasteiger partial charge in [-0.25, -0.2) is 9.07 Å². The molecule has 11 heteroatoms. The summed E-state index contributed by atoms with van der Waals surface area (Å²) in [5.74, 6) is -1.72. The molecule has 0 fully saturated rings. The fourth-order valence-electron chi connectivity index (χ4n) is 3.32. The van der Waals surface area contributed by atoms with Crippen molar-refractivity contribution in [1.29, 1.82) is 0 Å². The molecule has 0 saturated carbocycles. The fourth-order valence-corrected chi connectivity index (χ4v) is 3.32. The number of hydrogen-bond donors (Lipinski definition) is 1. The van der Waals surface area contributed by atoms with Gasteiger partial charge in [0.15, 0.2) is 11.6 Å². The molecule has 3 aromatic rings. The minimum Gasteiger partial charge on any atom is -0.493 e. The third-order valence-electron chi connectivity index (χ3n) is 4.67. The summed E-state index contributed by atoms with van der Waals surface area (Å²) in [5.41, 5.74) is 0.823. The first-order valence-electron chi connectivity index (χ1n) is 9.33. The lowest BCUT2D eigenvalue weighted by atomic mass is 10.1. The van der Waals surface area contributed by atoms with E-state index < -0.39 is 22.3 Å². The molecule has 32 heavy (non-hydrogen) atoms. The van der Waals surface area contributed by atoms with E-state index in [9.17, 15) is 19.3 Å². The Hall–Kier alpha value is -4.15. The molecule has 168 valence electrons. The van der Waals surface area contributed by atoms with Crippen LogP contribution in [-0.2, 0) is 0 Å². The summed E-state index contributed by atoms with van der Waals surface area (Å²) < 4.78 is 31.6. The van der Waals surface area contributed by atoms with Gasteiger partial charge in [0.2, 0.25) is 11.5 Å². The molecule has 2 aromatic carbocycles. The Kier molecular flexibility index (Phi) is 6.28. The molecule has 10 nitrogen and oxygen atoms in total. The van der Waals surface area contributed by atoms with Crippen LogP contribution in [0.1, 0.15) is 21.7 Å². The second-order valence-corrected chi connectivity index (χ2v) is 6.76. The molecule has 1 N–H and O–H groups in total. The maximum absolute atomic E-state index is 14.7. The topological polar surface area (TPSA) is 118 Å². The first-order valence-corrected chi connectivity index (χ1v) is 9.33. The highest BCUT2D eigenvalue weighted by molar-refractivity contribution is 6.08. The number of anilines is 1. The number of ether oxygens (including phenoxy) is 3. The molecular formula is C21H21FN4O6. The Labute approximate surface area is 182 Å². The predicted molar refractivity (Wildman–Crippen MR) is 114 cm³/mol. The molecule has 0 saturated heterocycles. The Bertz CT molecular complexity index is 1210. The Morgan fingerprint density at radius 3 is 2.28 bits per heavy atom. The third kappa shape index (κ3) is 4.04. The third-order valence-corrected chi connectivity index (χ3v) is 4.67. The summed E-state index contributed by atoms with van der Waals surface area (Å²) in [7, 11) is 3.81. The van der Waals surface area contributed by atoms with E-state index in [1.165, 1.54) is 38.1 Å². The van der Waals surface area contributed by atoms with Crippen LogP contribution in [0.25, 0.3) is 5.69 Å². The molecule has 0 radical (unpaired) electrons. The number of carbonyl (C=O) groups excluding carboxylic acids is 1. The number of nitrogens with zero attached hydrogens (tertiary/aromatic N) is 3. The van der Waals surface area contributed by atoms with E-state index in [4.69, 9.17) is 14.2 Å². The summed E-state index contributed by atoms with van der Waals surface area (Å²) in [4.78, 5) is 23.8. The molecule has 0 spiro atoms. The normalized spacial score (nSPS) is 10.6. The molecule has 3 rings (SSSR count). The van der Waals surface area contributed by atoms with Gasteiger partial charge in [-0.1, -0.05) is 0 Å². The van der Waals surface area contributed by atoms with Gasteiger partial charge in [-0.15, -0.1) is 0 Å². The van der Waals surface area contributed by atoms with E-state index in [1.807, 2.05) is 0 Å². The van der Waals surface area contributed by atoms with Gasteiger partial charge in [-0.2, -0.15) is 5.10 Å².